The van der Waals surface area contributed by atoms with E-state index < -0.39 is 41.4 Å². The zero-order chi connectivity index (χ0) is 31.7. The van der Waals surface area contributed by atoms with Gasteiger partial charge in [0.05, 0.1) is 0 Å². The summed E-state index contributed by atoms with van der Waals surface area (Å²) in [7, 11) is 2.82. The SMILES string of the molecule is CNC(=O)CC(=O)O.CNC(=O)CC(=O)Oc1ccc2ccc(=O)oc2c1.O=c1ccc2ccc(O)cc2o1.[2H]C#C. The average molecular weight is 568 g/mol. The first-order chi connectivity index (χ1) is 19.9. The van der Waals surface area contributed by atoms with Gasteiger partial charge >= 0.3 is 23.2 Å². The predicted molar refractivity (Wildman–Crippen MR) is 147 cm³/mol. The molecule has 214 valence electrons. The standard InChI is InChI=1S/C13H11NO5.C9H6O3.C4H7NO3.C2H2/c1-14-11(15)7-13(17)18-9-4-2-8-3-5-12(16)19-10(8)6-9;10-7-3-1-6-2-4-9(11)12-8(6)5-7;1-5-3(6)2-4(7)8;1-2/h2-6H,7H2,1H3,(H,14,15);1-5,10H;2H2,1H3,(H,5,6)(H,7,8);1-2H/i;;;1D. The van der Waals surface area contributed by atoms with Crippen LogP contribution in [-0.4, -0.2) is 48.1 Å². The molecule has 2 amide bonds. The Hall–Kier alpha value is -5.90. The summed E-state index contributed by atoms with van der Waals surface area (Å²) in [5.41, 5.74) is -0.172. The van der Waals surface area contributed by atoms with Gasteiger partial charge < -0.3 is 34.4 Å². The monoisotopic (exact) mass is 567 g/mol. The van der Waals surface area contributed by atoms with Gasteiger partial charge in [-0.3, -0.25) is 19.2 Å². The van der Waals surface area contributed by atoms with Crippen LogP contribution in [0.5, 0.6) is 11.5 Å². The van der Waals surface area contributed by atoms with Gasteiger partial charge in [-0.25, -0.2) is 9.59 Å². The molecule has 4 rings (SSSR count). The minimum atomic E-state index is -1.11. The molecule has 0 bridgehead atoms. The first-order valence-electron chi connectivity index (χ1n) is 11.9. The molecular formula is C28H26N2O11. The maximum atomic E-state index is 11.4. The zero-order valence-corrected chi connectivity index (χ0v) is 21.8. The van der Waals surface area contributed by atoms with Gasteiger partial charge in [-0.2, -0.15) is 0 Å². The number of benzene rings is 2. The number of phenolic OH excluding ortho intramolecular Hbond substituents is 1. The summed E-state index contributed by atoms with van der Waals surface area (Å²) in [5, 5.41) is 23.0. The summed E-state index contributed by atoms with van der Waals surface area (Å²) >= 11 is 0. The van der Waals surface area contributed by atoms with Gasteiger partial charge in [0.2, 0.25) is 11.8 Å². The zero-order valence-electron chi connectivity index (χ0n) is 22.8. The van der Waals surface area contributed by atoms with Crippen LogP contribution >= 0.6 is 0 Å². The van der Waals surface area contributed by atoms with Crippen molar-refractivity contribution in [2.45, 2.75) is 12.8 Å². The highest BCUT2D eigenvalue weighted by molar-refractivity contribution is 5.95. The number of rotatable bonds is 5. The number of amides is 2. The maximum absolute atomic E-state index is 11.4. The summed E-state index contributed by atoms with van der Waals surface area (Å²) in [6.07, 6.45) is 4.95. The summed E-state index contributed by atoms with van der Waals surface area (Å²) in [6, 6.07) is 15.2. The van der Waals surface area contributed by atoms with E-state index in [1.54, 1.807) is 36.4 Å². The number of terminal acetylenes is 1. The normalized spacial score (nSPS) is 9.54. The molecule has 0 saturated carbocycles. The number of hydrogen-bond donors (Lipinski definition) is 4. The van der Waals surface area contributed by atoms with Crippen molar-refractivity contribution in [2.24, 2.45) is 0 Å². The number of phenols is 1. The third kappa shape index (κ3) is 12.0. The molecule has 0 saturated heterocycles. The lowest BCUT2D eigenvalue weighted by atomic mass is 10.2. The molecule has 2 aromatic heterocycles. The Balaban J connectivity index is 0.000000328. The van der Waals surface area contributed by atoms with Gasteiger partial charge in [-0.1, -0.05) is 0 Å². The third-order valence-corrected chi connectivity index (χ3v) is 4.61. The Morgan fingerprint density at radius 3 is 1.78 bits per heavy atom. The van der Waals surface area contributed by atoms with E-state index in [-0.39, 0.29) is 17.9 Å². The van der Waals surface area contributed by atoms with Gasteiger partial charge in [0, 0.05) is 49.1 Å². The maximum Gasteiger partial charge on any atom is 0.336 e. The van der Waals surface area contributed by atoms with Crippen molar-refractivity contribution in [3.05, 3.63) is 81.5 Å². The van der Waals surface area contributed by atoms with Crippen LogP contribution in [0.15, 0.2) is 79.1 Å². The van der Waals surface area contributed by atoms with E-state index in [9.17, 15) is 28.8 Å². The molecule has 4 aromatic rings. The fourth-order valence-corrected chi connectivity index (χ4v) is 2.77. The van der Waals surface area contributed by atoms with Gasteiger partial charge in [0.25, 0.3) is 0 Å². The number of ether oxygens (including phenoxy) is 1. The summed E-state index contributed by atoms with van der Waals surface area (Å²) < 4.78 is 20.5. The molecule has 0 radical (unpaired) electrons. The van der Waals surface area contributed by atoms with Crippen molar-refractivity contribution in [1.82, 2.24) is 10.6 Å². The van der Waals surface area contributed by atoms with Gasteiger partial charge in [-0.05, 0) is 36.4 Å². The fraction of sp³-hybridized carbons (Fsp3) is 0.143. The Kier molecular flexibility index (Phi) is 12.9. The number of carbonyl (C=O) groups excluding carboxylic acids is 3. The number of esters is 1. The van der Waals surface area contributed by atoms with Crippen LogP contribution in [0.25, 0.3) is 21.9 Å². The van der Waals surface area contributed by atoms with E-state index in [1.165, 1.54) is 44.8 Å². The number of fused-ring (bicyclic) bond motifs is 2. The van der Waals surface area contributed by atoms with Crippen LogP contribution in [0, 0.1) is 12.8 Å². The lowest BCUT2D eigenvalue weighted by molar-refractivity contribution is -0.141. The van der Waals surface area contributed by atoms with Crippen LogP contribution in [0.1, 0.15) is 14.2 Å². The first-order valence-corrected chi connectivity index (χ1v) is 11.4. The average Bonchev–Trinajstić information content (AvgIpc) is 2.93. The lowest BCUT2D eigenvalue weighted by Crippen LogP contribution is -2.23. The molecule has 13 nitrogen and oxygen atoms in total. The number of carbonyl (C=O) groups is 4. The van der Waals surface area contributed by atoms with Crippen molar-refractivity contribution in [3.63, 3.8) is 0 Å². The van der Waals surface area contributed by atoms with Gasteiger partial charge in [0.15, 0.2) is 0 Å². The van der Waals surface area contributed by atoms with Crippen molar-refractivity contribution in [3.8, 4) is 24.3 Å². The number of hydrogen-bond acceptors (Lipinski definition) is 10. The Morgan fingerprint density at radius 1 is 0.829 bits per heavy atom. The largest absolute Gasteiger partial charge is 0.508 e. The topological polar surface area (TPSA) is 202 Å². The van der Waals surface area contributed by atoms with Gasteiger partial charge in [-0.15, -0.1) is 12.8 Å². The summed E-state index contributed by atoms with van der Waals surface area (Å²) in [4.78, 5) is 64.1. The summed E-state index contributed by atoms with van der Waals surface area (Å²) in [6.45, 7) is 0. The molecule has 0 unspecified atom stereocenters. The van der Waals surface area contributed by atoms with Crippen molar-refractivity contribution >= 4 is 45.7 Å². The minimum absolute atomic E-state index is 0.0943. The minimum Gasteiger partial charge on any atom is -0.508 e. The number of aliphatic carboxylic acids is 1. The molecule has 13 heteroatoms. The van der Waals surface area contributed by atoms with E-state index >= 15 is 0 Å². The summed E-state index contributed by atoms with van der Waals surface area (Å²) in [5.74, 6) is -2.39. The molecule has 2 aromatic carbocycles. The predicted octanol–water partition coefficient (Wildman–Crippen LogP) is 1.79. The van der Waals surface area contributed by atoms with Gasteiger partial charge in [0.1, 0.15) is 36.9 Å². The number of carboxylic acid groups (broad SMARTS) is 1. The highest BCUT2D eigenvalue weighted by atomic mass is 16.5. The van der Waals surface area contributed by atoms with Crippen molar-refractivity contribution in [2.75, 3.05) is 14.1 Å². The smallest absolute Gasteiger partial charge is 0.336 e. The van der Waals surface area contributed by atoms with Crippen LogP contribution < -0.4 is 26.6 Å². The van der Waals surface area contributed by atoms with E-state index in [0.717, 1.165) is 5.39 Å². The number of carboxylic acids is 1. The molecule has 0 aliphatic rings. The molecule has 0 aliphatic carbocycles. The number of aromatic hydroxyl groups is 1. The molecule has 0 atom stereocenters. The van der Waals surface area contributed by atoms with Crippen LogP contribution in [0.4, 0.5) is 0 Å². The second-order valence-electron chi connectivity index (χ2n) is 7.50. The molecule has 4 N–H and O–H groups in total. The second kappa shape index (κ2) is 16.8. The second-order valence-corrected chi connectivity index (χ2v) is 7.50. The molecular weight excluding hydrogens is 540 g/mol. The van der Waals surface area contributed by atoms with E-state index in [2.05, 4.69) is 17.1 Å². The Bertz CT molecular complexity index is 1700. The Labute approximate surface area is 233 Å². The molecule has 2 heterocycles. The molecule has 0 spiro atoms. The highest BCUT2D eigenvalue weighted by Gasteiger charge is 2.11. The van der Waals surface area contributed by atoms with E-state index in [0.29, 0.717) is 16.6 Å². The van der Waals surface area contributed by atoms with E-state index in [1.807, 2.05) is 0 Å². The molecule has 0 aliphatic heterocycles. The van der Waals surface area contributed by atoms with Crippen molar-refractivity contribution in [1.29, 1.82) is 0 Å². The van der Waals surface area contributed by atoms with E-state index in [4.69, 9.17) is 25.2 Å². The van der Waals surface area contributed by atoms with Crippen molar-refractivity contribution < 1.29 is 44.3 Å². The highest BCUT2D eigenvalue weighted by Crippen LogP contribution is 2.20. The van der Waals surface area contributed by atoms with Crippen LogP contribution in [0.3, 0.4) is 0 Å². The van der Waals surface area contributed by atoms with Crippen LogP contribution in [0.2, 0.25) is 0 Å². The third-order valence-electron chi connectivity index (χ3n) is 4.61. The molecule has 0 fully saturated rings. The Morgan fingerprint density at radius 2 is 1.29 bits per heavy atom. The number of nitrogens with one attached hydrogen (secondary N) is 2. The van der Waals surface area contributed by atoms with Crippen LogP contribution in [-0.2, 0) is 19.2 Å². The lowest BCUT2D eigenvalue weighted by Gasteiger charge is -2.04. The first kappa shape index (κ1) is 31.3. The fourth-order valence-electron chi connectivity index (χ4n) is 2.77. The molecule has 41 heavy (non-hydrogen) atoms. The quantitative estimate of drug-likeness (QED) is 0.0900.